The standard InChI is InChI=1S/C16H23NO4S/c1-2-3-10-22(18,19)17-12-16(6-7-16)13-4-5-14-15(11-13)21-9-8-20-14/h4-5,11,17H,2-3,6-10,12H2,1H3. The van der Waals surface area contributed by atoms with E-state index < -0.39 is 10.0 Å². The molecule has 0 saturated heterocycles. The summed E-state index contributed by atoms with van der Waals surface area (Å²) < 4.78 is 37.9. The van der Waals surface area contributed by atoms with Crippen molar-refractivity contribution in [1.82, 2.24) is 4.72 Å². The summed E-state index contributed by atoms with van der Waals surface area (Å²) in [5.41, 5.74) is 1.06. The molecule has 6 heteroatoms. The largest absolute Gasteiger partial charge is 0.486 e. The molecule has 1 aliphatic carbocycles. The van der Waals surface area contributed by atoms with Crippen LogP contribution < -0.4 is 14.2 Å². The summed E-state index contributed by atoms with van der Waals surface area (Å²) in [5.74, 6) is 1.75. The van der Waals surface area contributed by atoms with Gasteiger partial charge in [-0.15, -0.1) is 0 Å². The highest BCUT2D eigenvalue weighted by atomic mass is 32.2. The van der Waals surface area contributed by atoms with Crippen molar-refractivity contribution in [2.24, 2.45) is 0 Å². The molecule has 0 aromatic heterocycles. The summed E-state index contributed by atoms with van der Waals surface area (Å²) in [6, 6.07) is 5.96. The minimum absolute atomic E-state index is 0.0743. The molecule has 5 nitrogen and oxygen atoms in total. The number of ether oxygens (including phenoxy) is 2. The third kappa shape index (κ3) is 3.38. The van der Waals surface area contributed by atoms with Gasteiger partial charge in [0.05, 0.1) is 5.75 Å². The van der Waals surface area contributed by atoms with Crippen LogP contribution in [0.5, 0.6) is 11.5 Å². The van der Waals surface area contributed by atoms with Crippen LogP contribution in [0.3, 0.4) is 0 Å². The quantitative estimate of drug-likeness (QED) is 0.835. The van der Waals surface area contributed by atoms with E-state index in [9.17, 15) is 8.42 Å². The Morgan fingerprint density at radius 3 is 2.59 bits per heavy atom. The summed E-state index contributed by atoms with van der Waals surface area (Å²) in [6.45, 7) is 3.60. The van der Waals surface area contributed by atoms with E-state index in [2.05, 4.69) is 4.72 Å². The predicted octanol–water partition coefficient (Wildman–Crippen LogP) is 2.21. The summed E-state index contributed by atoms with van der Waals surface area (Å²) in [6.07, 6.45) is 3.59. The van der Waals surface area contributed by atoms with Crippen LogP contribution in [0.25, 0.3) is 0 Å². The third-order valence-electron chi connectivity index (χ3n) is 4.41. The van der Waals surface area contributed by atoms with Crippen molar-refractivity contribution in [2.75, 3.05) is 25.5 Å². The fraction of sp³-hybridized carbons (Fsp3) is 0.625. The first-order valence-electron chi connectivity index (χ1n) is 7.92. The average molecular weight is 325 g/mol. The van der Waals surface area contributed by atoms with Crippen molar-refractivity contribution in [3.63, 3.8) is 0 Å². The Hall–Kier alpha value is -1.27. The molecule has 1 aliphatic heterocycles. The molecule has 1 fully saturated rings. The Balaban J connectivity index is 1.69. The van der Waals surface area contributed by atoms with Gasteiger partial charge in [0.15, 0.2) is 11.5 Å². The zero-order chi connectivity index (χ0) is 15.6. The van der Waals surface area contributed by atoms with E-state index in [4.69, 9.17) is 9.47 Å². The molecule has 0 atom stereocenters. The molecule has 2 aliphatic rings. The van der Waals surface area contributed by atoms with Crippen molar-refractivity contribution in [1.29, 1.82) is 0 Å². The first-order chi connectivity index (χ1) is 10.5. The molecule has 0 radical (unpaired) electrons. The predicted molar refractivity (Wildman–Crippen MR) is 85.0 cm³/mol. The molecular weight excluding hydrogens is 302 g/mol. The van der Waals surface area contributed by atoms with E-state index >= 15 is 0 Å². The van der Waals surface area contributed by atoms with E-state index in [0.29, 0.717) is 26.2 Å². The van der Waals surface area contributed by atoms with Crippen molar-refractivity contribution in [2.45, 2.75) is 38.0 Å². The third-order valence-corrected chi connectivity index (χ3v) is 5.82. The molecule has 122 valence electrons. The maximum atomic E-state index is 12.0. The van der Waals surface area contributed by atoms with Gasteiger partial charge in [0, 0.05) is 12.0 Å². The summed E-state index contributed by atoms with van der Waals surface area (Å²) >= 11 is 0. The van der Waals surface area contributed by atoms with E-state index in [-0.39, 0.29) is 11.2 Å². The molecular formula is C16H23NO4S. The summed E-state index contributed by atoms with van der Waals surface area (Å²) in [5, 5.41) is 0. The summed E-state index contributed by atoms with van der Waals surface area (Å²) in [7, 11) is -3.17. The van der Waals surface area contributed by atoms with Crippen LogP contribution in [0.1, 0.15) is 38.2 Å². The highest BCUT2D eigenvalue weighted by molar-refractivity contribution is 7.89. The fourth-order valence-electron chi connectivity index (χ4n) is 2.75. The number of hydrogen-bond acceptors (Lipinski definition) is 4. The lowest BCUT2D eigenvalue weighted by Crippen LogP contribution is -2.34. The number of fused-ring (bicyclic) bond motifs is 1. The van der Waals surface area contributed by atoms with Crippen LogP contribution in [0.2, 0.25) is 0 Å². The van der Waals surface area contributed by atoms with E-state index in [1.165, 1.54) is 0 Å². The average Bonchev–Trinajstić information content (AvgIpc) is 3.32. The minimum atomic E-state index is -3.17. The zero-order valence-corrected chi connectivity index (χ0v) is 13.7. The number of benzene rings is 1. The maximum Gasteiger partial charge on any atom is 0.211 e. The van der Waals surface area contributed by atoms with Gasteiger partial charge in [-0.3, -0.25) is 0 Å². The van der Waals surface area contributed by atoms with Crippen LogP contribution in [0.4, 0.5) is 0 Å². The van der Waals surface area contributed by atoms with E-state index in [0.717, 1.165) is 36.3 Å². The lowest BCUT2D eigenvalue weighted by atomic mass is 9.96. The van der Waals surface area contributed by atoms with Gasteiger partial charge >= 0.3 is 0 Å². The highest BCUT2D eigenvalue weighted by Crippen LogP contribution is 2.49. The number of sulfonamides is 1. The first-order valence-corrected chi connectivity index (χ1v) is 9.57. The zero-order valence-electron chi connectivity index (χ0n) is 12.9. The Bertz CT molecular complexity index is 638. The number of rotatable bonds is 7. The normalized spacial score (nSPS) is 19.0. The topological polar surface area (TPSA) is 64.6 Å². The fourth-order valence-corrected chi connectivity index (χ4v) is 4.06. The second-order valence-corrected chi connectivity index (χ2v) is 8.06. The van der Waals surface area contributed by atoms with Gasteiger partial charge < -0.3 is 9.47 Å². The molecule has 1 N–H and O–H groups in total. The molecule has 1 aromatic carbocycles. The minimum Gasteiger partial charge on any atom is -0.486 e. The highest BCUT2D eigenvalue weighted by Gasteiger charge is 2.45. The van der Waals surface area contributed by atoms with Gasteiger partial charge in [-0.1, -0.05) is 19.4 Å². The summed E-state index contributed by atoms with van der Waals surface area (Å²) in [4.78, 5) is 0. The van der Waals surface area contributed by atoms with Gasteiger partial charge in [0.2, 0.25) is 10.0 Å². The Morgan fingerprint density at radius 1 is 1.18 bits per heavy atom. The van der Waals surface area contributed by atoms with Gasteiger partial charge in [-0.05, 0) is 37.0 Å². The van der Waals surface area contributed by atoms with Gasteiger partial charge in [0.1, 0.15) is 13.2 Å². The van der Waals surface area contributed by atoms with Crippen molar-refractivity contribution < 1.29 is 17.9 Å². The Morgan fingerprint density at radius 2 is 1.91 bits per heavy atom. The molecule has 0 amide bonds. The molecule has 1 aromatic rings. The van der Waals surface area contributed by atoms with Crippen LogP contribution in [0, 0.1) is 0 Å². The Kier molecular flexibility index (Phi) is 4.32. The van der Waals surface area contributed by atoms with Crippen LogP contribution in [-0.2, 0) is 15.4 Å². The molecule has 3 rings (SSSR count). The maximum absolute atomic E-state index is 12.0. The molecule has 0 bridgehead atoms. The molecule has 0 unspecified atom stereocenters. The molecule has 1 heterocycles. The molecule has 1 saturated carbocycles. The number of unbranched alkanes of at least 4 members (excludes halogenated alkanes) is 1. The Labute approximate surface area is 132 Å². The van der Waals surface area contributed by atoms with E-state index in [1.54, 1.807) is 0 Å². The van der Waals surface area contributed by atoms with Crippen LogP contribution >= 0.6 is 0 Å². The van der Waals surface area contributed by atoms with Gasteiger partial charge in [-0.2, -0.15) is 0 Å². The second kappa shape index (κ2) is 6.08. The second-order valence-electron chi connectivity index (χ2n) is 6.13. The smallest absolute Gasteiger partial charge is 0.211 e. The van der Waals surface area contributed by atoms with Crippen molar-refractivity contribution >= 4 is 10.0 Å². The van der Waals surface area contributed by atoms with Gasteiger partial charge in [0.25, 0.3) is 0 Å². The number of hydrogen-bond donors (Lipinski definition) is 1. The van der Waals surface area contributed by atoms with Crippen LogP contribution in [-0.4, -0.2) is 33.9 Å². The van der Waals surface area contributed by atoms with Gasteiger partial charge in [-0.25, -0.2) is 13.1 Å². The molecule has 0 spiro atoms. The van der Waals surface area contributed by atoms with E-state index in [1.807, 2.05) is 25.1 Å². The van der Waals surface area contributed by atoms with Crippen LogP contribution in [0.15, 0.2) is 18.2 Å². The van der Waals surface area contributed by atoms with Crippen molar-refractivity contribution in [3.8, 4) is 11.5 Å². The van der Waals surface area contributed by atoms with Crippen molar-refractivity contribution in [3.05, 3.63) is 23.8 Å². The lowest BCUT2D eigenvalue weighted by molar-refractivity contribution is 0.171. The first kappa shape index (κ1) is 15.6. The monoisotopic (exact) mass is 325 g/mol. The molecule has 22 heavy (non-hydrogen) atoms. The lowest BCUT2D eigenvalue weighted by Gasteiger charge is -2.22. The SMILES string of the molecule is CCCCS(=O)(=O)NCC1(c2ccc3c(c2)OCCO3)CC1. The number of nitrogens with one attached hydrogen (secondary N) is 1.